The van der Waals surface area contributed by atoms with Crippen LogP contribution in [0.25, 0.3) is 0 Å². The predicted molar refractivity (Wildman–Crippen MR) is 46.9 cm³/mol. The number of carbonyl (C=O) groups excluding carboxylic acids is 1. The van der Waals surface area contributed by atoms with Gasteiger partial charge >= 0.3 is 5.97 Å². The Morgan fingerprint density at radius 1 is 1.58 bits per heavy atom. The van der Waals surface area contributed by atoms with Gasteiger partial charge in [0.15, 0.2) is 0 Å². The third kappa shape index (κ3) is 2.23. The van der Waals surface area contributed by atoms with Crippen LogP contribution in [0.4, 0.5) is 0 Å². The summed E-state index contributed by atoms with van der Waals surface area (Å²) in [5, 5.41) is 0. The van der Waals surface area contributed by atoms with Crippen molar-refractivity contribution in [1.29, 1.82) is 0 Å². The van der Waals surface area contributed by atoms with E-state index in [0.29, 0.717) is 5.56 Å². The molecule has 2 nitrogen and oxygen atoms in total. The second-order valence-electron chi connectivity index (χ2n) is 2.20. The van der Waals surface area contributed by atoms with Crippen molar-refractivity contribution in [2.24, 2.45) is 0 Å². The Kier molecular flexibility index (Phi) is 2.57. The molecular weight excluding hydrogens is 152 g/mol. The smallest absolute Gasteiger partial charge is 0.338 e. The van der Waals surface area contributed by atoms with Crippen molar-refractivity contribution in [2.75, 3.05) is 6.61 Å². The molecule has 1 aromatic carbocycles. The van der Waals surface area contributed by atoms with E-state index in [4.69, 9.17) is 6.11 Å². The summed E-state index contributed by atoms with van der Waals surface area (Å²) in [7, 11) is 0. The molecule has 0 N–H and O–H groups in total. The molecule has 1 aromatic rings. The van der Waals surface area contributed by atoms with Crippen molar-refractivity contribution < 1.29 is 10.9 Å². The van der Waals surface area contributed by atoms with Crippen molar-refractivity contribution in [3.05, 3.63) is 48.5 Å². The van der Waals surface area contributed by atoms with Gasteiger partial charge in [0.2, 0.25) is 0 Å². The zero-order chi connectivity index (χ0) is 9.52. The van der Waals surface area contributed by atoms with Gasteiger partial charge in [0.25, 0.3) is 0 Å². The summed E-state index contributed by atoms with van der Waals surface area (Å²) < 4.78 is 11.5. The van der Waals surface area contributed by atoms with Crippen LogP contribution in [-0.4, -0.2) is 12.6 Å². The van der Waals surface area contributed by atoms with Crippen LogP contribution in [0, 0.1) is 0 Å². The fraction of sp³-hybridized carbons (Fsp3) is 0.100. The first kappa shape index (κ1) is 7.10. The number of hydrogen-bond donors (Lipinski definition) is 0. The molecule has 0 heterocycles. The minimum atomic E-state index is -0.362. The Bertz CT molecular complexity index is 293. The fourth-order valence-electron chi connectivity index (χ4n) is 0.781. The molecule has 0 bridgehead atoms. The lowest BCUT2D eigenvalue weighted by atomic mass is 10.2. The first-order valence-electron chi connectivity index (χ1n) is 4.18. The summed E-state index contributed by atoms with van der Waals surface area (Å²) in [6.45, 7) is 1.25. The normalized spacial score (nSPS) is 11.2. The number of carbonyl (C=O) groups is 1. The van der Waals surface area contributed by atoms with Crippen LogP contribution in [0.2, 0.25) is 0 Å². The minimum absolute atomic E-state index is 0.150. The molecule has 62 valence electrons. The monoisotopic (exact) mass is 163 g/mol. The molecule has 0 atom stereocenters. The van der Waals surface area contributed by atoms with Crippen molar-refractivity contribution in [2.45, 2.75) is 0 Å². The van der Waals surface area contributed by atoms with E-state index >= 15 is 0 Å². The standard InChI is InChI=1S/C10H10O2/c1-2-8-12-10(11)9-6-4-3-5-7-9/h2-7H,1,8H2/i1D. The number of esters is 1. The SMILES string of the molecule is [2H]C=CCOC(=O)c1ccccc1. The summed E-state index contributed by atoms with van der Waals surface area (Å²) in [4.78, 5) is 11.2. The highest BCUT2D eigenvalue weighted by molar-refractivity contribution is 5.89. The molecule has 0 saturated heterocycles. The zero-order valence-electron chi connectivity index (χ0n) is 7.57. The highest BCUT2D eigenvalue weighted by Crippen LogP contribution is 2.00. The fourth-order valence-corrected chi connectivity index (χ4v) is 0.781. The first-order valence-corrected chi connectivity index (χ1v) is 3.60. The van der Waals surface area contributed by atoms with E-state index < -0.39 is 0 Å². The van der Waals surface area contributed by atoms with Gasteiger partial charge in [-0.05, 0) is 12.1 Å². The van der Waals surface area contributed by atoms with E-state index in [-0.39, 0.29) is 12.6 Å². The highest BCUT2D eigenvalue weighted by Gasteiger charge is 2.02. The summed E-state index contributed by atoms with van der Waals surface area (Å²) in [5.74, 6) is -0.362. The van der Waals surface area contributed by atoms with E-state index in [2.05, 4.69) is 0 Å². The van der Waals surface area contributed by atoms with Crippen molar-refractivity contribution >= 4 is 5.97 Å². The molecular formula is C10H10O2. The molecule has 0 spiro atoms. The molecule has 0 aliphatic carbocycles. The lowest BCUT2D eigenvalue weighted by Gasteiger charge is -1.99. The molecule has 1 rings (SSSR count). The Balaban J connectivity index is 2.49. The number of ether oxygens (including phenoxy) is 1. The maximum Gasteiger partial charge on any atom is 0.338 e. The quantitative estimate of drug-likeness (QED) is 0.503. The molecule has 0 unspecified atom stereocenters. The number of benzene rings is 1. The van der Waals surface area contributed by atoms with Gasteiger partial charge in [0, 0.05) is 0 Å². The van der Waals surface area contributed by atoms with Gasteiger partial charge in [0.1, 0.15) is 6.61 Å². The predicted octanol–water partition coefficient (Wildman–Crippen LogP) is 2.03. The Morgan fingerprint density at radius 2 is 2.33 bits per heavy atom. The van der Waals surface area contributed by atoms with Crippen molar-refractivity contribution in [3.63, 3.8) is 0 Å². The van der Waals surface area contributed by atoms with Crippen LogP contribution in [-0.2, 0) is 4.74 Å². The van der Waals surface area contributed by atoms with Crippen LogP contribution >= 0.6 is 0 Å². The van der Waals surface area contributed by atoms with E-state index in [9.17, 15) is 4.79 Å². The third-order valence-electron chi connectivity index (χ3n) is 1.32. The average Bonchev–Trinajstić information content (AvgIpc) is 2.19. The summed E-state index contributed by atoms with van der Waals surface area (Å²) in [5.41, 5.74) is 0.529. The van der Waals surface area contributed by atoms with Crippen LogP contribution in [0.5, 0.6) is 0 Å². The van der Waals surface area contributed by atoms with Gasteiger partial charge in [-0.1, -0.05) is 30.8 Å². The molecule has 0 amide bonds. The summed E-state index contributed by atoms with van der Waals surface area (Å²) in [6, 6.07) is 8.76. The highest BCUT2D eigenvalue weighted by atomic mass is 16.5. The van der Waals surface area contributed by atoms with E-state index in [1.54, 1.807) is 24.3 Å². The maximum atomic E-state index is 11.2. The van der Waals surface area contributed by atoms with Crippen LogP contribution < -0.4 is 0 Å². The molecule has 0 aliphatic heterocycles. The molecule has 0 fully saturated rings. The molecule has 0 saturated carbocycles. The minimum Gasteiger partial charge on any atom is -0.458 e. The number of rotatable bonds is 3. The Morgan fingerprint density at radius 3 is 3.00 bits per heavy atom. The third-order valence-corrected chi connectivity index (χ3v) is 1.32. The molecule has 12 heavy (non-hydrogen) atoms. The summed E-state index contributed by atoms with van der Waals surface area (Å²) in [6.07, 6.45) is 1.46. The second-order valence-corrected chi connectivity index (χ2v) is 2.20. The van der Waals surface area contributed by atoms with Crippen LogP contribution in [0.3, 0.4) is 0 Å². The first-order chi connectivity index (χ1) is 6.34. The van der Waals surface area contributed by atoms with E-state index in [1.165, 1.54) is 6.08 Å². The topological polar surface area (TPSA) is 26.3 Å². The van der Waals surface area contributed by atoms with Gasteiger partial charge in [-0.25, -0.2) is 4.79 Å². The van der Waals surface area contributed by atoms with E-state index in [0.717, 1.165) is 6.55 Å². The molecule has 0 aliphatic rings. The van der Waals surface area contributed by atoms with Gasteiger partial charge in [-0.15, -0.1) is 0 Å². The van der Waals surface area contributed by atoms with E-state index in [1.807, 2.05) is 6.07 Å². The van der Waals surface area contributed by atoms with Crippen molar-refractivity contribution in [3.8, 4) is 0 Å². The zero-order valence-corrected chi connectivity index (χ0v) is 6.57. The Hall–Kier alpha value is -1.57. The summed E-state index contributed by atoms with van der Waals surface area (Å²) >= 11 is 0. The molecule has 0 radical (unpaired) electrons. The largest absolute Gasteiger partial charge is 0.458 e. The number of hydrogen-bond acceptors (Lipinski definition) is 2. The van der Waals surface area contributed by atoms with Crippen LogP contribution in [0.1, 0.15) is 11.7 Å². The average molecular weight is 163 g/mol. The van der Waals surface area contributed by atoms with Gasteiger partial charge in [-0.3, -0.25) is 0 Å². The second kappa shape index (κ2) is 4.34. The van der Waals surface area contributed by atoms with Crippen molar-refractivity contribution in [1.82, 2.24) is 0 Å². The van der Waals surface area contributed by atoms with Gasteiger partial charge in [-0.2, -0.15) is 0 Å². The Labute approximate surface area is 72.9 Å². The van der Waals surface area contributed by atoms with Gasteiger partial charge in [0.05, 0.1) is 6.93 Å². The maximum absolute atomic E-state index is 11.2. The lowest BCUT2D eigenvalue weighted by molar-refractivity contribution is 0.0550. The van der Waals surface area contributed by atoms with Gasteiger partial charge < -0.3 is 4.74 Å². The molecule has 0 aromatic heterocycles. The van der Waals surface area contributed by atoms with Crippen LogP contribution in [0.15, 0.2) is 43.0 Å². The lowest BCUT2D eigenvalue weighted by Crippen LogP contribution is -2.04. The molecule has 2 heteroatoms.